The van der Waals surface area contributed by atoms with E-state index in [0.29, 0.717) is 11.3 Å². The molecule has 30 heavy (non-hydrogen) atoms. The van der Waals surface area contributed by atoms with Gasteiger partial charge in [0.2, 0.25) is 11.8 Å². The Morgan fingerprint density at radius 1 is 0.800 bits per heavy atom. The molecule has 150 valence electrons. The third-order valence-electron chi connectivity index (χ3n) is 5.26. The summed E-state index contributed by atoms with van der Waals surface area (Å²) in [5.41, 5.74) is 4.09. The molecule has 1 unspecified atom stereocenters. The van der Waals surface area contributed by atoms with Crippen molar-refractivity contribution in [3.8, 4) is 0 Å². The molecule has 1 N–H and O–H groups in total. The third-order valence-corrected chi connectivity index (χ3v) is 5.26. The normalized spacial score (nSPS) is 14.6. The fourth-order valence-corrected chi connectivity index (χ4v) is 3.60. The van der Waals surface area contributed by atoms with Gasteiger partial charge in [-0.05, 0) is 42.3 Å². The Labute approximate surface area is 175 Å². The van der Waals surface area contributed by atoms with Crippen LogP contribution >= 0.6 is 0 Å². The zero-order valence-electron chi connectivity index (χ0n) is 16.7. The highest BCUT2D eigenvalue weighted by atomic mass is 16.2. The van der Waals surface area contributed by atoms with Crippen LogP contribution in [0.1, 0.15) is 45.9 Å². The molecule has 0 spiro atoms. The smallest absolute Gasteiger partial charge is 0.252 e. The van der Waals surface area contributed by atoms with Crippen molar-refractivity contribution in [2.75, 3.05) is 4.90 Å². The molecule has 5 heteroatoms. The Morgan fingerprint density at radius 3 is 1.97 bits per heavy atom. The maximum atomic E-state index is 13.0. The molecule has 1 aliphatic heterocycles. The SMILES string of the molecule is Cc1ccc(C(NC(=O)c2ccc(N3C(=O)CCC3=O)cc2)c2ccccc2)cc1. The van der Waals surface area contributed by atoms with Gasteiger partial charge >= 0.3 is 0 Å². The van der Waals surface area contributed by atoms with Crippen LogP contribution in [-0.4, -0.2) is 17.7 Å². The molecule has 3 aromatic rings. The van der Waals surface area contributed by atoms with Crippen LogP contribution in [0.15, 0.2) is 78.9 Å². The maximum Gasteiger partial charge on any atom is 0.252 e. The first-order valence-corrected chi connectivity index (χ1v) is 9.91. The van der Waals surface area contributed by atoms with E-state index >= 15 is 0 Å². The zero-order valence-corrected chi connectivity index (χ0v) is 16.7. The minimum Gasteiger partial charge on any atom is -0.341 e. The lowest BCUT2D eigenvalue weighted by Gasteiger charge is -2.20. The number of rotatable bonds is 5. The number of benzene rings is 3. The standard InChI is InChI=1S/C25H22N2O3/c1-17-7-9-19(10-8-17)24(18-5-3-2-4-6-18)26-25(30)20-11-13-21(14-12-20)27-22(28)15-16-23(27)29/h2-14,24H,15-16H2,1H3,(H,26,30). The summed E-state index contributed by atoms with van der Waals surface area (Å²) < 4.78 is 0. The van der Waals surface area contributed by atoms with Crippen LogP contribution in [0.4, 0.5) is 5.69 Å². The molecule has 1 aliphatic rings. The molecule has 4 rings (SSSR count). The lowest BCUT2D eigenvalue weighted by Crippen LogP contribution is -2.30. The van der Waals surface area contributed by atoms with Gasteiger partial charge in [-0.1, -0.05) is 60.2 Å². The summed E-state index contributed by atoms with van der Waals surface area (Å²) >= 11 is 0. The minimum absolute atomic E-state index is 0.208. The molecule has 1 fully saturated rings. The van der Waals surface area contributed by atoms with Crippen LogP contribution in [-0.2, 0) is 9.59 Å². The number of anilines is 1. The second-order valence-corrected chi connectivity index (χ2v) is 7.40. The van der Waals surface area contributed by atoms with Crippen LogP contribution in [0, 0.1) is 6.92 Å². The highest BCUT2D eigenvalue weighted by molar-refractivity contribution is 6.19. The Bertz CT molecular complexity index is 1060. The zero-order chi connectivity index (χ0) is 21.1. The maximum absolute atomic E-state index is 13.0. The van der Waals surface area contributed by atoms with E-state index in [1.165, 1.54) is 4.90 Å². The monoisotopic (exact) mass is 398 g/mol. The molecule has 5 nitrogen and oxygen atoms in total. The number of nitrogens with one attached hydrogen (secondary N) is 1. The van der Waals surface area contributed by atoms with E-state index in [-0.39, 0.29) is 36.6 Å². The number of nitrogens with zero attached hydrogens (tertiary/aromatic N) is 1. The van der Waals surface area contributed by atoms with E-state index in [1.807, 2.05) is 61.5 Å². The number of carbonyl (C=O) groups is 3. The Kier molecular flexibility index (Phi) is 5.44. The van der Waals surface area contributed by atoms with Crippen molar-refractivity contribution < 1.29 is 14.4 Å². The number of amides is 3. The molecule has 0 radical (unpaired) electrons. The van der Waals surface area contributed by atoms with Gasteiger partial charge in [-0.25, -0.2) is 0 Å². The van der Waals surface area contributed by atoms with Crippen LogP contribution in [0.25, 0.3) is 0 Å². The van der Waals surface area contributed by atoms with Crippen molar-refractivity contribution in [2.24, 2.45) is 0 Å². The molecular weight excluding hydrogens is 376 g/mol. The van der Waals surface area contributed by atoms with E-state index in [1.54, 1.807) is 24.3 Å². The van der Waals surface area contributed by atoms with E-state index in [4.69, 9.17) is 0 Å². The molecule has 1 heterocycles. The number of imide groups is 1. The first-order valence-electron chi connectivity index (χ1n) is 9.91. The van der Waals surface area contributed by atoms with Gasteiger partial charge in [0.05, 0.1) is 11.7 Å². The lowest BCUT2D eigenvalue weighted by molar-refractivity contribution is -0.121. The summed E-state index contributed by atoms with van der Waals surface area (Å²) in [4.78, 5) is 38.0. The summed E-state index contributed by atoms with van der Waals surface area (Å²) in [6.07, 6.45) is 0.465. The predicted octanol–water partition coefficient (Wildman–Crippen LogP) is 4.17. The molecule has 0 aliphatic carbocycles. The molecule has 3 aromatic carbocycles. The van der Waals surface area contributed by atoms with Crippen LogP contribution < -0.4 is 10.2 Å². The summed E-state index contributed by atoms with van der Waals surface area (Å²) in [5.74, 6) is -0.642. The van der Waals surface area contributed by atoms with Crippen molar-refractivity contribution in [1.82, 2.24) is 5.32 Å². The Balaban J connectivity index is 1.57. The van der Waals surface area contributed by atoms with Crippen LogP contribution in [0.5, 0.6) is 0 Å². The molecule has 1 atom stereocenters. The van der Waals surface area contributed by atoms with Gasteiger partial charge in [-0.15, -0.1) is 0 Å². The largest absolute Gasteiger partial charge is 0.341 e. The average Bonchev–Trinajstić information content (AvgIpc) is 3.11. The molecule has 3 amide bonds. The fraction of sp³-hybridized carbons (Fsp3) is 0.160. The van der Waals surface area contributed by atoms with Gasteiger partial charge in [0.25, 0.3) is 5.91 Å². The molecule has 0 bridgehead atoms. The first kappa shape index (κ1) is 19.6. The van der Waals surface area contributed by atoms with E-state index in [2.05, 4.69) is 5.32 Å². The second kappa shape index (κ2) is 8.33. The van der Waals surface area contributed by atoms with Crippen LogP contribution in [0.2, 0.25) is 0 Å². The van der Waals surface area contributed by atoms with E-state index in [9.17, 15) is 14.4 Å². The second-order valence-electron chi connectivity index (χ2n) is 7.40. The lowest BCUT2D eigenvalue weighted by atomic mass is 9.97. The minimum atomic E-state index is -0.291. The number of aryl methyl sites for hydroxylation is 1. The number of hydrogen-bond donors (Lipinski definition) is 1. The molecular formula is C25H22N2O3. The fourth-order valence-electron chi connectivity index (χ4n) is 3.60. The average molecular weight is 398 g/mol. The third kappa shape index (κ3) is 4.01. The van der Waals surface area contributed by atoms with Crippen molar-refractivity contribution in [3.63, 3.8) is 0 Å². The summed E-state index contributed by atoms with van der Waals surface area (Å²) in [6, 6.07) is 24.1. The summed E-state index contributed by atoms with van der Waals surface area (Å²) in [7, 11) is 0. The van der Waals surface area contributed by atoms with Gasteiger partial charge in [0.15, 0.2) is 0 Å². The van der Waals surface area contributed by atoms with Crippen molar-refractivity contribution in [1.29, 1.82) is 0 Å². The topological polar surface area (TPSA) is 66.5 Å². The van der Waals surface area contributed by atoms with Gasteiger partial charge in [-0.3, -0.25) is 19.3 Å². The van der Waals surface area contributed by atoms with Gasteiger partial charge in [-0.2, -0.15) is 0 Å². The van der Waals surface area contributed by atoms with Crippen LogP contribution in [0.3, 0.4) is 0 Å². The summed E-state index contributed by atoms with van der Waals surface area (Å²) in [5, 5.41) is 3.11. The van der Waals surface area contributed by atoms with Gasteiger partial charge < -0.3 is 5.32 Å². The van der Waals surface area contributed by atoms with E-state index < -0.39 is 0 Å². The summed E-state index contributed by atoms with van der Waals surface area (Å²) in [6.45, 7) is 2.03. The first-order chi connectivity index (χ1) is 14.5. The highest BCUT2D eigenvalue weighted by Crippen LogP contribution is 2.25. The van der Waals surface area contributed by atoms with Crippen molar-refractivity contribution in [3.05, 3.63) is 101 Å². The quantitative estimate of drug-likeness (QED) is 0.656. The Morgan fingerprint density at radius 2 is 1.37 bits per heavy atom. The molecule has 1 saturated heterocycles. The predicted molar refractivity (Wildman–Crippen MR) is 115 cm³/mol. The molecule has 0 saturated carbocycles. The van der Waals surface area contributed by atoms with E-state index in [0.717, 1.165) is 16.7 Å². The van der Waals surface area contributed by atoms with Crippen molar-refractivity contribution >= 4 is 23.4 Å². The highest BCUT2D eigenvalue weighted by Gasteiger charge is 2.30. The Hall–Kier alpha value is -3.73. The number of hydrogen-bond acceptors (Lipinski definition) is 3. The van der Waals surface area contributed by atoms with Crippen molar-refractivity contribution in [2.45, 2.75) is 25.8 Å². The van der Waals surface area contributed by atoms with Gasteiger partial charge in [0.1, 0.15) is 0 Å². The number of carbonyl (C=O) groups excluding carboxylic acids is 3. The molecule has 0 aromatic heterocycles. The van der Waals surface area contributed by atoms with Gasteiger partial charge in [0, 0.05) is 18.4 Å².